The molecule has 3 nitrogen and oxygen atoms in total. The normalized spacial score (nSPS) is 27.6. The highest BCUT2D eigenvalue weighted by Crippen LogP contribution is 2.40. The Morgan fingerprint density at radius 1 is 1.10 bits per heavy atom. The van der Waals surface area contributed by atoms with Crippen LogP contribution in [0.2, 0.25) is 0 Å². The van der Waals surface area contributed by atoms with Gasteiger partial charge in [-0.05, 0) is 44.4 Å². The van der Waals surface area contributed by atoms with Crippen LogP contribution in [0.1, 0.15) is 50.3 Å². The van der Waals surface area contributed by atoms with Crippen molar-refractivity contribution in [2.75, 3.05) is 11.9 Å². The smallest absolute Gasteiger partial charge is 0.360 e. The molecule has 0 aliphatic heterocycles. The van der Waals surface area contributed by atoms with E-state index >= 15 is 0 Å². The summed E-state index contributed by atoms with van der Waals surface area (Å²) in [5.41, 5.74) is 0. The summed E-state index contributed by atoms with van der Waals surface area (Å²) >= 11 is 1.36. The average molecular weight is 305 g/mol. The van der Waals surface area contributed by atoms with E-state index in [1.807, 2.05) is 0 Å². The minimum absolute atomic E-state index is 0.263. The Bertz CT molecular complexity index is 448. The van der Waals surface area contributed by atoms with Crippen LogP contribution in [0.15, 0.2) is 0 Å². The number of hydrogen-bond donors (Lipinski definition) is 1. The van der Waals surface area contributed by atoms with E-state index in [2.05, 4.69) is 14.7 Å². The summed E-state index contributed by atoms with van der Waals surface area (Å²) in [7, 11) is 0. The van der Waals surface area contributed by atoms with E-state index in [0.29, 0.717) is 31.2 Å². The fourth-order valence-corrected chi connectivity index (χ4v) is 3.39. The van der Waals surface area contributed by atoms with E-state index in [4.69, 9.17) is 0 Å². The highest BCUT2D eigenvalue weighted by molar-refractivity contribution is 7.09. The molecule has 0 unspecified atom stereocenters. The molecule has 20 heavy (non-hydrogen) atoms. The van der Waals surface area contributed by atoms with Crippen LogP contribution in [0.4, 0.5) is 18.3 Å². The van der Waals surface area contributed by atoms with Crippen molar-refractivity contribution in [3.05, 3.63) is 5.82 Å². The zero-order chi connectivity index (χ0) is 14.2. The van der Waals surface area contributed by atoms with Crippen LogP contribution >= 0.6 is 11.5 Å². The van der Waals surface area contributed by atoms with Gasteiger partial charge < -0.3 is 5.32 Å². The van der Waals surface area contributed by atoms with Crippen molar-refractivity contribution in [2.24, 2.45) is 11.8 Å². The second-order valence-electron chi connectivity index (χ2n) is 5.87. The molecule has 0 spiro atoms. The summed E-state index contributed by atoms with van der Waals surface area (Å²) in [5, 5.41) is 4.04. The second-order valence-corrected chi connectivity index (χ2v) is 6.62. The first-order chi connectivity index (χ1) is 9.52. The topological polar surface area (TPSA) is 37.8 Å². The van der Waals surface area contributed by atoms with Gasteiger partial charge in [0.05, 0.1) is 5.92 Å². The Hall–Kier alpha value is -0.850. The van der Waals surface area contributed by atoms with Gasteiger partial charge in [-0.25, -0.2) is 4.98 Å². The van der Waals surface area contributed by atoms with Crippen molar-refractivity contribution in [1.82, 2.24) is 9.36 Å². The molecule has 7 heteroatoms. The lowest BCUT2D eigenvalue weighted by Crippen LogP contribution is -2.29. The summed E-state index contributed by atoms with van der Waals surface area (Å²) < 4.78 is 42.0. The predicted octanol–water partition coefficient (Wildman–Crippen LogP) is 4.20. The van der Waals surface area contributed by atoms with Gasteiger partial charge in [-0.2, -0.15) is 17.5 Å². The third kappa shape index (κ3) is 3.42. The van der Waals surface area contributed by atoms with E-state index < -0.39 is 12.1 Å². The van der Waals surface area contributed by atoms with Gasteiger partial charge in [-0.3, -0.25) is 0 Å². The largest absolute Gasteiger partial charge is 0.391 e. The maximum atomic E-state index is 12.6. The zero-order valence-corrected chi connectivity index (χ0v) is 11.9. The number of nitrogens with one attached hydrogen (secondary N) is 1. The highest BCUT2D eigenvalue weighted by Gasteiger charge is 2.41. The van der Waals surface area contributed by atoms with Gasteiger partial charge >= 0.3 is 6.18 Å². The number of hydrogen-bond acceptors (Lipinski definition) is 4. The first-order valence-corrected chi connectivity index (χ1v) is 7.94. The van der Waals surface area contributed by atoms with Crippen molar-refractivity contribution in [1.29, 1.82) is 0 Å². The number of halogens is 3. The first kappa shape index (κ1) is 14.1. The van der Waals surface area contributed by atoms with Gasteiger partial charge in [0.15, 0.2) is 0 Å². The van der Waals surface area contributed by atoms with E-state index in [-0.39, 0.29) is 12.8 Å². The Labute approximate surface area is 120 Å². The lowest BCUT2D eigenvalue weighted by atomic mass is 9.81. The molecule has 2 aliphatic carbocycles. The van der Waals surface area contributed by atoms with Gasteiger partial charge in [0.25, 0.3) is 0 Å². The van der Waals surface area contributed by atoms with E-state index in [0.717, 1.165) is 11.0 Å². The average Bonchev–Trinajstić information content (AvgIpc) is 3.15. The summed E-state index contributed by atoms with van der Waals surface area (Å²) in [6.07, 6.45) is 0.154. The van der Waals surface area contributed by atoms with Crippen LogP contribution in [0, 0.1) is 11.8 Å². The van der Waals surface area contributed by atoms with Crippen molar-refractivity contribution < 1.29 is 13.2 Å². The molecule has 112 valence electrons. The number of anilines is 1. The van der Waals surface area contributed by atoms with Crippen LogP contribution in [0.25, 0.3) is 0 Å². The molecule has 0 aromatic carbocycles. The maximum absolute atomic E-state index is 12.6. The lowest BCUT2D eigenvalue weighted by Gasteiger charge is -2.29. The molecule has 2 fully saturated rings. The number of alkyl halides is 3. The summed E-state index contributed by atoms with van der Waals surface area (Å²) in [6, 6.07) is 0. The van der Waals surface area contributed by atoms with E-state index in [1.54, 1.807) is 0 Å². The molecule has 1 aromatic heterocycles. The maximum Gasteiger partial charge on any atom is 0.391 e. The highest BCUT2D eigenvalue weighted by atomic mass is 32.1. The first-order valence-electron chi connectivity index (χ1n) is 7.16. The fraction of sp³-hybridized carbons (Fsp3) is 0.846. The second kappa shape index (κ2) is 5.50. The van der Waals surface area contributed by atoms with Crippen LogP contribution in [-0.2, 0) is 0 Å². The van der Waals surface area contributed by atoms with Crippen molar-refractivity contribution in [2.45, 2.75) is 50.6 Å². The molecule has 0 radical (unpaired) electrons. The number of aromatic nitrogens is 2. The van der Waals surface area contributed by atoms with Crippen LogP contribution in [-0.4, -0.2) is 22.1 Å². The van der Waals surface area contributed by atoms with E-state index in [9.17, 15) is 13.2 Å². The van der Waals surface area contributed by atoms with Crippen molar-refractivity contribution in [3.8, 4) is 0 Å². The summed E-state index contributed by atoms with van der Waals surface area (Å²) in [4.78, 5) is 4.43. The van der Waals surface area contributed by atoms with Gasteiger partial charge in [0.1, 0.15) is 5.82 Å². The van der Waals surface area contributed by atoms with E-state index in [1.165, 1.54) is 24.4 Å². The summed E-state index contributed by atoms with van der Waals surface area (Å²) in [6.45, 7) is 0.712. The molecule has 1 N–H and O–H groups in total. The Morgan fingerprint density at radius 3 is 2.40 bits per heavy atom. The lowest BCUT2D eigenvalue weighted by molar-refractivity contribution is -0.183. The SMILES string of the molecule is FC(F)(F)C1CCC(CNc2nc(C3CC3)ns2)CC1. The predicted molar refractivity (Wildman–Crippen MR) is 71.9 cm³/mol. The third-order valence-electron chi connectivity index (χ3n) is 4.24. The third-order valence-corrected chi connectivity index (χ3v) is 4.92. The molecular formula is C13H18F3N3S. The zero-order valence-electron chi connectivity index (χ0n) is 11.1. The molecule has 0 saturated heterocycles. The van der Waals surface area contributed by atoms with Crippen LogP contribution in [0.5, 0.6) is 0 Å². The van der Waals surface area contributed by atoms with Crippen molar-refractivity contribution in [3.63, 3.8) is 0 Å². The number of nitrogens with zero attached hydrogens (tertiary/aromatic N) is 2. The van der Waals surface area contributed by atoms with Gasteiger partial charge in [-0.15, -0.1) is 0 Å². The molecule has 1 aromatic rings. The quantitative estimate of drug-likeness (QED) is 0.906. The molecule has 1 heterocycles. The minimum Gasteiger partial charge on any atom is -0.360 e. The summed E-state index contributed by atoms with van der Waals surface area (Å²) in [5.74, 6) is 0.700. The minimum atomic E-state index is -4.02. The number of rotatable bonds is 4. The fourth-order valence-electron chi connectivity index (χ4n) is 2.74. The van der Waals surface area contributed by atoms with Crippen molar-refractivity contribution >= 4 is 16.7 Å². The Kier molecular flexibility index (Phi) is 3.88. The molecule has 3 rings (SSSR count). The Balaban J connectivity index is 1.43. The molecule has 0 amide bonds. The van der Waals surface area contributed by atoms with Gasteiger partial charge in [-0.1, -0.05) is 0 Å². The van der Waals surface area contributed by atoms with Gasteiger partial charge in [0.2, 0.25) is 5.13 Å². The molecule has 2 aliphatic rings. The van der Waals surface area contributed by atoms with Crippen LogP contribution < -0.4 is 5.32 Å². The monoisotopic (exact) mass is 305 g/mol. The molecule has 2 saturated carbocycles. The Morgan fingerprint density at radius 2 is 1.80 bits per heavy atom. The standard InChI is InChI=1S/C13H18F3N3S/c14-13(15,16)10-5-1-8(2-6-10)7-17-12-18-11(19-20-12)9-3-4-9/h8-10H,1-7H2,(H,17,18,19). The molecule has 0 atom stereocenters. The van der Waals surface area contributed by atoms with Gasteiger partial charge in [0, 0.05) is 24.0 Å². The molecular weight excluding hydrogens is 287 g/mol. The molecule has 0 bridgehead atoms. The van der Waals surface area contributed by atoms with Crippen LogP contribution in [0.3, 0.4) is 0 Å².